The number of amides is 1. The van der Waals surface area contributed by atoms with Crippen LogP contribution in [0.3, 0.4) is 0 Å². The van der Waals surface area contributed by atoms with Gasteiger partial charge in [0.2, 0.25) is 5.78 Å². The second kappa shape index (κ2) is 6.61. The Morgan fingerprint density at radius 3 is 2.62 bits per heavy atom. The SMILES string of the molecule is CC[C@@H](C)C(=O)C(=O)NCCN1CN(C)c2ccccc21. The fourth-order valence-corrected chi connectivity index (χ4v) is 2.45. The number of rotatable bonds is 6. The van der Waals surface area contributed by atoms with Gasteiger partial charge < -0.3 is 15.1 Å². The van der Waals surface area contributed by atoms with Crippen molar-refractivity contribution in [1.82, 2.24) is 5.32 Å². The Morgan fingerprint density at radius 2 is 1.95 bits per heavy atom. The molecule has 0 spiro atoms. The quantitative estimate of drug-likeness (QED) is 0.809. The van der Waals surface area contributed by atoms with Gasteiger partial charge in [0.05, 0.1) is 18.0 Å². The molecule has 114 valence electrons. The number of hydrogen-bond donors (Lipinski definition) is 1. The molecule has 0 aromatic heterocycles. The topological polar surface area (TPSA) is 52.7 Å². The van der Waals surface area contributed by atoms with Crippen LogP contribution in [0.2, 0.25) is 0 Å². The van der Waals surface area contributed by atoms with E-state index in [1.807, 2.05) is 26.1 Å². The predicted molar refractivity (Wildman–Crippen MR) is 84.5 cm³/mol. The summed E-state index contributed by atoms with van der Waals surface area (Å²) in [5, 5.41) is 2.72. The number of benzene rings is 1. The molecule has 1 atom stereocenters. The minimum atomic E-state index is -0.467. The molecule has 1 N–H and O–H groups in total. The summed E-state index contributed by atoms with van der Waals surface area (Å²) in [6.07, 6.45) is 0.691. The number of hydrogen-bond acceptors (Lipinski definition) is 4. The van der Waals surface area contributed by atoms with E-state index in [9.17, 15) is 9.59 Å². The summed E-state index contributed by atoms with van der Waals surface area (Å²) in [6, 6.07) is 8.19. The van der Waals surface area contributed by atoms with Gasteiger partial charge >= 0.3 is 0 Å². The minimum Gasteiger partial charge on any atom is -0.355 e. The maximum absolute atomic E-state index is 11.7. The third-order valence-electron chi connectivity index (χ3n) is 3.97. The van der Waals surface area contributed by atoms with Crippen LogP contribution < -0.4 is 15.1 Å². The maximum Gasteiger partial charge on any atom is 0.287 e. The molecule has 0 fully saturated rings. The summed E-state index contributed by atoms with van der Waals surface area (Å²) in [6.45, 7) is 5.67. The van der Waals surface area contributed by atoms with Crippen LogP contribution in [0, 0.1) is 5.92 Å². The molecule has 0 unspecified atom stereocenters. The first-order chi connectivity index (χ1) is 10.0. The fourth-order valence-electron chi connectivity index (χ4n) is 2.45. The first-order valence-corrected chi connectivity index (χ1v) is 7.41. The first kappa shape index (κ1) is 15.4. The Bertz CT molecular complexity index is 530. The number of Topliss-reactive ketones (excluding diaryl/α,β-unsaturated/α-hetero) is 1. The average molecular weight is 289 g/mol. The van der Waals surface area contributed by atoms with Crippen molar-refractivity contribution in [3.63, 3.8) is 0 Å². The summed E-state index contributed by atoms with van der Waals surface area (Å²) in [5.41, 5.74) is 2.36. The van der Waals surface area contributed by atoms with Gasteiger partial charge in [0.25, 0.3) is 5.91 Å². The molecule has 1 aromatic carbocycles. The van der Waals surface area contributed by atoms with Crippen LogP contribution in [0.25, 0.3) is 0 Å². The standard InChI is InChI=1S/C16H23N3O2/c1-4-12(2)15(20)16(21)17-9-10-19-11-18(3)13-7-5-6-8-14(13)19/h5-8,12H,4,9-11H2,1-3H3,(H,17,21)/t12-/m1/s1. The zero-order chi connectivity index (χ0) is 15.4. The summed E-state index contributed by atoms with van der Waals surface area (Å²) in [7, 11) is 2.05. The van der Waals surface area contributed by atoms with Crippen molar-refractivity contribution in [1.29, 1.82) is 0 Å². The van der Waals surface area contributed by atoms with Crippen LogP contribution in [0.4, 0.5) is 11.4 Å². The van der Waals surface area contributed by atoms with Gasteiger partial charge in [0.1, 0.15) is 0 Å². The van der Waals surface area contributed by atoms with Crippen molar-refractivity contribution in [3.8, 4) is 0 Å². The van der Waals surface area contributed by atoms with Gasteiger partial charge in [-0.15, -0.1) is 0 Å². The Kier molecular flexibility index (Phi) is 4.83. The highest BCUT2D eigenvalue weighted by Gasteiger charge is 2.23. The van der Waals surface area contributed by atoms with E-state index in [-0.39, 0.29) is 11.7 Å². The number of carbonyl (C=O) groups is 2. The number of ketones is 1. The van der Waals surface area contributed by atoms with E-state index in [4.69, 9.17) is 0 Å². The lowest BCUT2D eigenvalue weighted by Gasteiger charge is -2.19. The number of nitrogens with zero attached hydrogens (tertiary/aromatic N) is 2. The molecule has 5 nitrogen and oxygen atoms in total. The van der Waals surface area contributed by atoms with Crippen molar-refractivity contribution >= 4 is 23.1 Å². The van der Waals surface area contributed by atoms with E-state index >= 15 is 0 Å². The molecule has 1 heterocycles. The van der Waals surface area contributed by atoms with Crippen LogP contribution in [-0.4, -0.2) is 38.5 Å². The second-order valence-electron chi connectivity index (χ2n) is 5.52. The third kappa shape index (κ3) is 3.35. The number of fused-ring (bicyclic) bond motifs is 1. The predicted octanol–water partition coefficient (Wildman–Crippen LogP) is 1.63. The Hall–Kier alpha value is -2.04. The van der Waals surface area contributed by atoms with Crippen molar-refractivity contribution in [2.45, 2.75) is 20.3 Å². The van der Waals surface area contributed by atoms with Crippen LogP contribution in [-0.2, 0) is 9.59 Å². The van der Waals surface area contributed by atoms with E-state index in [1.165, 1.54) is 11.4 Å². The molecule has 1 aromatic rings. The van der Waals surface area contributed by atoms with Gasteiger partial charge in [0, 0.05) is 26.1 Å². The van der Waals surface area contributed by atoms with Crippen LogP contribution in [0.5, 0.6) is 0 Å². The van der Waals surface area contributed by atoms with E-state index in [2.05, 4.69) is 27.2 Å². The smallest absolute Gasteiger partial charge is 0.287 e. The molecule has 1 amide bonds. The van der Waals surface area contributed by atoms with Crippen LogP contribution in [0.15, 0.2) is 24.3 Å². The van der Waals surface area contributed by atoms with Crippen molar-refractivity contribution in [2.75, 3.05) is 36.6 Å². The molecule has 0 aliphatic carbocycles. The van der Waals surface area contributed by atoms with Crippen LogP contribution in [0.1, 0.15) is 20.3 Å². The van der Waals surface area contributed by atoms with Crippen LogP contribution >= 0.6 is 0 Å². The van der Waals surface area contributed by atoms with Gasteiger partial charge in [0.15, 0.2) is 0 Å². The van der Waals surface area contributed by atoms with E-state index < -0.39 is 5.91 Å². The van der Waals surface area contributed by atoms with Gasteiger partial charge in [-0.3, -0.25) is 9.59 Å². The molecule has 1 aliphatic heterocycles. The molecule has 0 radical (unpaired) electrons. The maximum atomic E-state index is 11.7. The largest absolute Gasteiger partial charge is 0.355 e. The van der Waals surface area contributed by atoms with E-state index in [1.54, 1.807) is 6.92 Å². The lowest BCUT2D eigenvalue weighted by Crippen LogP contribution is -2.40. The zero-order valence-electron chi connectivity index (χ0n) is 12.9. The molecule has 21 heavy (non-hydrogen) atoms. The zero-order valence-corrected chi connectivity index (χ0v) is 12.9. The lowest BCUT2D eigenvalue weighted by atomic mass is 10.0. The molecular weight excluding hydrogens is 266 g/mol. The summed E-state index contributed by atoms with van der Waals surface area (Å²) in [4.78, 5) is 27.8. The van der Waals surface area contributed by atoms with Gasteiger partial charge in [-0.25, -0.2) is 0 Å². The highest BCUT2D eigenvalue weighted by molar-refractivity contribution is 6.36. The lowest BCUT2D eigenvalue weighted by molar-refractivity contribution is -0.139. The monoisotopic (exact) mass is 289 g/mol. The summed E-state index contributed by atoms with van der Waals surface area (Å²) < 4.78 is 0. The fraction of sp³-hybridized carbons (Fsp3) is 0.500. The number of carbonyl (C=O) groups excluding carboxylic acids is 2. The Morgan fingerprint density at radius 1 is 1.29 bits per heavy atom. The number of anilines is 2. The average Bonchev–Trinajstić information content (AvgIpc) is 2.82. The minimum absolute atomic E-state index is 0.205. The van der Waals surface area contributed by atoms with Crippen molar-refractivity contribution in [3.05, 3.63) is 24.3 Å². The highest BCUT2D eigenvalue weighted by Crippen LogP contribution is 2.33. The highest BCUT2D eigenvalue weighted by atomic mass is 16.2. The normalized spacial score (nSPS) is 14.8. The van der Waals surface area contributed by atoms with Crippen molar-refractivity contribution < 1.29 is 9.59 Å². The van der Waals surface area contributed by atoms with E-state index in [0.29, 0.717) is 19.5 Å². The number of para-hydroxylation sites is 2. The summed E-state index contributed by atoms with van der Waals surface area (Å²) >= 11 is 0. The van der Waals surface area contributed by atoms with Crippen molar-refractivity contribution in [2.24, 2.45) is 5.92 Å². The molecule has 1 aliphatic rings. The Labute approximate surface area is 125 Å². The van der Waals surface area contributed by atoms with E-state index in [0.717, 1.165) is 6.67 Å². The molecule has 0 saturated carbocycles. The number of nitrogens with one attached hydrogen (secondary N) is 1. The second-order valence-corrected chi connectivity index (χ2v) is 5.52. The molecule has 0 bridgehead atoms. The summed E-state index contributed by atoms with van der Waals surface area (Å²) in [5.74, 6) is -0.995. The molecule has 5 heteroatoms. The Balaban J connectivity index is 1.85. The molecular formula is C16H23N3O2. The van der Waals surface area contributed by atoms with Gasteiger partial charge in [-0.05, 0) is 18.6 Å². The van der Waals surface area contributed by atoms with Gasteiger partial charge in [-0.1, -0.05) is 26.0 Å². The molecule has 0 saturated heterocycles. The van der Waals surface area contributed by atoms with Gasteiger partial charge in [-0.2, -0.15) is 0 Å². The first-order valence-electron chi connectivity index (χ1n) is 7.41. The molecule has 2 rings (SSSR count). The third-order valence-corrected chi connectivity index (χ3v) is 3.97.